The van der Waals surface area contributed by atoms with Gasteiger partial charge in [0.25, 0.3) is 0 Å². The molecule has 4 aliphatic rings. The maximum absolute atomic E-state index is 13.7. The van der Waals surface area contributed by atoms with Crippen molar-refractivity contribution in [3.05, 3.63) is 77.6 Å². The van der Waals surface area contributed by atoms with E-state index in [1.165, 1.54) is 7.11 Å². The van der Waals surface area contributed by atoms with E-state index < -0.39 is 17.7 Å². The highest BCUT2D eigenvalue weighted by Crippen LogP contribution is 2.45. The summed E-state index contributed by atoms with van der Waals surface area (Å²) in [6, 6.07) is 20.3. The highest BCUT2D eigenvalue weighted by atomic mass is 16.6. The molecule has 1 aromatic heterocycles. The van der Waals surface area contributed by atoms with Crippen molar-refractivity contribution >= 4 is 51.3 Å². The van der Waals surface area contributed by atoms with Crippen molar-refractivity contribution in [2.45, 2.75) is 90.6 Å². The lowest BCUT2D eigenvalue weighted by Gasteiger charge is -2.29. The van der Waals surface area contributed by atoms with E-state index >= 15 is 0 Å². The Morgan fingerprint density at radius 3 is 2.54 bits per heavy atom. The van der Waals surface area contributed by atoms with Crippen LogP contribution in [0.5, 0.6) is 5.75 Å². The van der Waals surface area contributed by atoms with Gasteiger partial charge in [0.1, 0.15) is 29.8 Å². The van der Waals surface area contributed by atoms with Crippen LogP contribution in [-0.4, -0.2) is 95.2 Å². The SMILES string of the molecule is COC[C@H]1C[C@@H](C2=Nc3ccc4cc5c(cc4c3C2)OCc2cc(-c3ccc4nc([C@@H]6CCCN6C(=O)[C@@H](NC(=O)OC)C(C)C)[nH]c4c3)ccc2-5)N(C(=O)OC(C)(C)C)C1. The Kier molecular flexibility index (Phi) is 10.5. The normalized spacial score (nSPS) is 20.0. The van der Waals surface area contributed by atoms with Gasteiger partial charge in [0, 0.05) is 43.8 Å². The molecule has 5 aromatic rings. The number of benzene rings is 4. The fourth-order valence-electron chi connectivity index (χ4n) is 9.58. The van der Waals surface area contributed by atoms with Gasteiger partial charge in [-0.25, -0.2) is 14.6 Å². The number of hydrogen-bond donors (Lipinski definition) is 2. The summed E-state index contributed by atoms with van der Waals surface area (Å²) in [6.45, 7) is 11.7. The predicted molar refractivity (Wildman–Crippen MR) is 234 cm³/mol. The number of rotatable bonds is 8. The van der Waals surface area contributed by atoms with Gasteiger partial charge in [-0.05, 0) is 121 Å². The zero-order chi connectivity index (χ0) is 42.7. The van der Waals surface area contributed by atoms with Crippen molar-refractivity contribution in [3.63, 3.8) is 0 Å². The summed E-state index contributed by atoms with van der Waals surface area (Å²) in [5.74, 6) is 1.56. The van der Waals surface area contributed by atoms with Crippen LogP contribution in [-0.2, 0) is 32.0 Å². The fraction of sp³-hybridized carbons (Fsp3) is 0.438. The molecule has 5 heterocycles. The molecular weight excluding hydrogens is 773 g/mol. The second-order valence-corrected chi connectivity index (χ2v) is 18.2. The first kappa shape index (κ1) is 40.5. The van der Waals surface area contributed by atoms with Crippen LogP contribution in [0.2, 0.25) is 0 Å². The van der Waals surface area contributed by atoms with Crippen molar-refractivity contribution in [1.29, 1.82) is 0 Å². The molecule has 3 amide bonds. The number of aromatic nitrogens is 2. The highest BCUT2D eigenvalue weighted by Gasteiger charge is 2.42. The van der Waals surface area contributed by atoms with Gasteiger partial charge in [-0.15, -0.1) is 0 Å². The number of amides is 3. The van der Waals surface area contributed by atoms with Crippen LogP contribution in [0.4, 0.5) is 15.3 Å². The molecule has 4 aliphatic heterocycles. The third-order valence-corrected chi connectivity index (χ3v) is 12.5. The number of methoxy groups -OCH3 is 2. The number of imidazole rings is 1. The average Bonchev–Trinajstić information content (AvgIpc) is 4.06. The summed E-state index contributed by atoms with van der Waals surface area (Å²) in [6.07, 6.45) is 2.14. The number of nitrogens with zero attached hydrogens (tertiary/aromatic N) is 4. The maximum Gasteiger partial charge on any atom is 0.410 e. The van der Waals surface area contributed by atoms with Gasteiger partial charge in [0.05, 0.1) is 42.5 Å². The largest absolute Gasteiger partial charge is 0.488 e. The molecule has 318 valence electrons. The Hall–Kier alpha value is -5.95. The molecule has 0 unspecified atom stereocenters. The van der Waals surface area contributed by atoms with E-state index in [-0.39, 0.29) is 35.9 Å². The molecule has 0 bridgehead atoms. The van der Waals surface area contributed by atoms with Gasteiger partial charge in [0.2, 0.25) is 5.91 Å². The predicted octanol–water partition coefficient (Wildman–Crippen LogP) is 8.89. The summed E-state index contributed by atoms with van der Waals surface area (Å²) in [4.78, 5) is 56.4. The average molecular weight is 827 g/mol. The molecule has 2 fully saturated rings. The summed E-state index contributed by atoms with van der Waals surface area (Å²) >= 11 is 0. The van der Waals surface area contributed by atoms with Crippen LogP contribution in [0, 0.1) is 11.8 Å². The molecule has 0 saturated carbocycles. The minimum atomic E-state index is -0.692. The zero-order valence-electron chi connectivity index (χ0n) is 36.0. The molecule has 4 atom stereocenters. The monoisotopic (exact) mass is 826 g/mol. The number of carbonyl (C=O) groups is 3. The summed E-state index contributed by atoms with van der Waals surface area (Å²) in [5, 5.41) is 4.95. The number of aromatic amines is 1. The molecule has 0 spiro atoms. The number of ether oxygens (including phenoxy) is 4. The lowest BCUT2D eigenvalue weighted by Crippen LogP contribution is -2.51. The summed E-state index contributed by atoms with van der Waals surface area (Å²) < 4.78 is 22.6. The van der Waals surface area contributed by atoms with E-state index in [4.69, 9.17) is 28.9 Å². The Morgan fingerprint density at radius 2 is 1.77 bits per heavy atom. The Balaban J connectivity index is 0.945. The standard InChI is InChI=1S/C48H54N6O7/c1-26(2)43(52-46(56)59-7)45(55)53-16-8-9-40(53)44-50-37-15-11-29(20-38(37)51-44)28-10-13-32-31(18-28)25-60-42-22-33-30(19-35(32)42)12-14-36-34(33)21-39(49-36)41-17-27(24-58-6)23-54(41)47(57)61-48(3,4)5/h10-15,18-20,22,26-27,40-41,43H,8-9,16-17,21,23-25H2,1-7H3,(H,50,51)(H,52,56)/t27-,40-,41-,43-/m0/s1. The minimum absolute atomic E-state index is 0.108. The van der Waals surface area contributed by atoms with Gasteiger partial charge < -0.3 is 34.1 Å². The van der Waals surface area contributed by atoms with E-state index in [1.807, 2.05) is 50.5 Å². The highest BCUT2D eigenvalue weighted by molar-refractivity contribution is 6.06. The molecule has 0 radical (unpaired) electrons. The van der Waals surface area contributed by atoms with E-state index in [9.17, 15) is 14.4 Å². The third-order valence-electron chi connectivity index (χ3n) is 12.5. The topological polar surface area (TPSA) is 148 Å². The van der Waals surface area contributed by atoms with Crippen molar-refractivity contribution in [3.8, 4) is 28.0 Å². The van der Waals surface area contributed by atoms with Crippen LogP contribution in [0.25, 0.3) is 44.1 Å². The summed E-state index contributed by atoms with van der Waals surface area (Å²) in [7, 11) is 3.00. The van der Waals surface area contributed by atoms with E-state index in [1.54, 1.807) is 7.11 Å². The first-order chi connectivity index (χ1) is 29.3. The van der Waals surface area contributed by atoms with Gasteiger partial charge in [-0.1, -0.05) is 38.1 Å². The van der Waals surface area contributed by atoms with Crippen LogP contribution >= 0.6 is 0 Å². The van der Waals surface area contributed by atoms with Gasteiger partial charge in [-0.2, -0.15) is 0 Å². The van der Waals surface area contributed by atoms with Crippen molar-refractivity contribution < 1.29 is 33.3 Å². The first-order valence-electron chi connectivity index (χ1n) is 21.3. The number of carbonyl (C=O) groups excluding carboxylic acids is 3. The number of fused-ring (bicyclic) bond motifs is 7. The third kappa shape index (κ3) is 7.68. The maximum atomic E-state index is 13.7. The fourth-order valence-corrected chi connectivity index (χ4v) is 9.58. The second kappa shape index (κ2) is 15.8. The number of alkyl carbamates (subject to hydrolysis) is 1. The molecular formula is C48H54N6O7. The second-order valence-electron chi connectivity index (χ2n) is 18.2. The molecule has 61 heavy (non-hydrogen) atoms. The van der Waals surface area contributed by atoms with E-state index in [2.05, 4.69) is 64.9 Å². The number of hydrogen-bond acceptors (Lipinski definition) is 9. The number of aliphatic imine (C=N–C) groups is 1. The number of nitrogens with one attached hydrogen (secondary N) is 2. The van der Waals surface area contributed by atoms with Crippen molar-refractivity contribution in [2.75, 3.05) is 33.9 Å². The molecule has 13 nitrogen and oxygen atoms in total. The minimum Gasteiger partial charge on any atom is -0.488 e. The molecule has 2 saturated heterocycles. The first-order valence-corrected chi connectivity index (χ1v) is 21.3. The van der Waals surface area contributed by atoms with Crippen LogP contribution in [0.15, 0.2) is 65.7 Å². The quantitative estimate of drug-likeness (QED) is 0.158. The lowest BCUT2D eigenvalue weighted by molar-refractivity contribution is -0.135. The number of likely N-dealkylation sites (tertiary alicyclic amines) is 2. The van der Waals surface area contributed by atoms with Crippen molar-refractivity contribution in [2.24, 2.45) is 16.8 Å². The molecule has 9 rings (SSSR count). The van der Waals surface area contributed by atoms with Gasteiger partial charge >= 0.3 is 12.2 Å². The molecule has 0 aliphatic carbocycles. The van der Waals surface area contributed by atoms with Crippen molar-refractivity contribution in [1.82, 2.24) is 25.1 Å². The van der Waals surface area contributed by atoms with Crippen LogP contribution in [0.1, 0.15) is 76.9 Å². The Morgan fingerprint density at radius 1 is 0.967 bits per heavy atom. The number of H-pyrrole nitrogens is 1. The zero-order valence-corrected chi connectivity index (χ0v) is 36.0. The molecule has 4 aromatic carbocycles. The lowest BCUT2D eigenvalue weighted by atomic mass is 9.90. The summed E-state index contributed by atoms with van der Waals surface area (Å²) in [5.41, 5.74) is 9.62. The molecule has 13 heteroatoms. The van der Waals surface area contributed by atoms with E-state index in [0.29, 0.717) is 32.7 Å². The Labute approximate surface area is 355 Å². The van der Waals surface area contributed by atoms with E-state index in [0.717, 1.165) is 97.4 Å². The smallest absolute Gasteiger partial charge is 0.410 e. The van der Waals surface area contributed by atoms with Crippen LogP contribution < -0.4 is 10.1 Å². The Bertz CT molecular complexity index is 2590. The van der Waals surface area contributed by atoms with Gasteiger partial charge in [-0.3, -0.25) is 14.7 Å². The molecule has 2 N–H and O–H groups in total. The van der Waals surface area contributed by atoms with Gasteiger partial charge in [0.15, 0.2) is 0 Å². The van der Waals surface area contributed by atoms with Crippen LogP contribution in [0.3, 0.4) is 0 Å².